The fourth-order valence-electron chi connectivity index (χ4n) is 3.35. The molecule has 0 saturated heterocycles. The predicted octanol–water partition coefficient (Wildman–Crippen LogP) is 3.50. The molecule has 0 bridgehead atoms. The van der Waals surface area contributed by atoms with Crippen LogP contribution in [0.4, 0.5) is 0 Å². The van der Waals surface area contributed by atoms with Crippen LogP contribution in [0.5, 0.6) is 17.2 Å². The number of carbonyl (C=O) groups is 2. The summed E-state index contributed by atoms with van der Waals surface area (Å²) in [4.78, 5) is 24.5. The van der Waals surface area contributed by atoms with Crippen molar-refractivity contribution in [3.8, 4) is 17.2 Å². The molecule has 0 aliphatic heterocycles. The van der Waals surface area contributed by atoms with Crippen molar-refractivity contribution < 1.29 is 28.5 Å². The second-order valence-electron chi connectivity index (χ2n) is 7.06. The van der Waals surface area contributed by atoms with Gasteiger partial charge < -0.3 is 24.3 Å². The molecule has 160 valence electrons. The number of benzene rings is 1. The summed E-state index contributed by atoms with van der Waals surface area (Å²) in [5, 5.41) is 2.99. The first-order valence-electron chi connectivity index (χ1n) is 9.97. The number of amides is 1. The number of hydrogen-bond donors (Lipinski definition) is 1. The van der Waals surface area contributed by atoms with E-state index < -0.39 is 12.1 Å². The van der Waals surface area contributed by atoms with E-state index in [4.69, 9.17) is 18.9 Å². The molecule has 1 fully saturated rings. The zero-order valence-corrected chi connectivity index (χ0v) is 17.7. The Morgan fingerprint density at radius 2 is 1.55 bits per heavy atom. The Balaban J connectivity index is 1.96. The molecule has 1 aromatic rings. The molecular formula is C22H31NO6. The van der Waals surface area contributed by atoms with E-state index in [0.717, 1.165) is 25.7 Å². The average Bonchev–Trinajstić information content (AvgIpc) is 2.99. The normalized spacial score (nSPS) is 16.0. The first-order valence-corrected chi connectivity index (χ1v) is 9.97. The third-order valence-electron chi connectivity index (χ3n) is 5.00. The summed E-state index contributed by atoms with van der Waals surface area (Å²) in [6.07, 6.45) is 8.57. The number of ether oxygens (including phenoxy) is 4. The highest BCUT2D eigenvalue weighted by molar-refractivity contribution is 5.91. The van der Waals surface area contributed by atoms with E-state index in [0.29, 0.717) is 22.8 Å². The van der Waals surface area contributed by atoms with E-state index in [-0.39, 0.29) is 11.9 Å². The first-order chi connectivity index (χ1) is 14.0. The number of carbonyl (C=O) groups excluding carboxylic acids is 2. The quantitative estimate of drug-likeness (QED) is 0.405. The Hall–Kier alpha value is -2.70. The highest BCUT2D eigenvalue weighted by Crippen LogP contribution is 2.35. The van der Waals surface area contributed by atoms with Gasteiger partial charge in [-0.25, -0.2) is 4.79 Å². The van der Waals surface area contributed by atoms with E-state index in [2.05, 4.69) is 5.32 Å². The smallest absolute Gasteiger partial charge is 0.331 e. The maximum Gasteiger partial charge on any atom is 0.331 e. The number of esters is 1. The van der Waals surface area contributed by atoms with Gasteiger partial charge in [0.2, 0.25) is 0 Å². The van der Waals surface area contributed by atoms with Crippen LogP contribution in [0, 0.1) is 0 Å². The monoisotopic (exact) mass is 405 g/mol. The Kier molecular flexibility index (Phi) is 8.83. The Labute approximate surface area is 172 Å². The summed E-state index contributed by atoms with van der Waals surface area (Å²) >= 11 is 0. The van der Waals surface area contributed by atoms with Crippen LogP contribution in [-0.4, -0.2) is 45.4 Å². The SMILES string of the molecule is COc1cc(OC)c(OC)cc1/C=C/C(=O)O[C@H](C)C(=O)NC1CCCCCC1. The van der Waals surface area contributed by atoms with Gasteiger partial charge in [0.15, 0.2) is 17.6 Å². The summed E-state index contributed by atoms with van der Waals surface area (Å²) in [7, 11) is 4.59. The van der Waals surface area contributed by atoms with Crippen LogP contribution in [0.25, 0.3) is 6.08 Å². The van der Waals surface area contributed by atoms with E-state index in [9.17, 15) is 9.59 Å². The molecule has 1 aliphatic rings. The highest BCUT2D eigenvalue weighted by Gasteiger charge is 2.21. The minimum Gasteiger partial charge on any atom is -0.496 e. The van der Waals surface area contributed by atoms with Crippen LogP contribution in [-0.2, 0) is 14.3 Å². The molecule has 7 nitrogen and oxygen atoms in total. The van der Waals surface area contributed by atoms with Gasteiger partial charge in [0.25, 0.3) is 5.91 Å². The van der Waals surface area contributed by atoms with Gasteiger partial charge in [0.05, 0.1) is 21.3 Å². The number of nitrogens with one attached hydrogen (secondary N) is 1. The molecule has 1 amide bonds. The minimum absolute atomic E-state index is 0.165. The lowest BCUT2D eigenvalue weighted by molar-refractivity contribution is -0.150. The molecule has 0 radical (unpaired) electrons. The third-order valence-corrected chi connectivity index (χ3v) is 5.00. The molecule has 29 heavy (non-hydrogen) atoms. The molecule has 1 aromatic carbocycles. The second-order valence-corrected chi connectivity index (χ2v) is 7.06. The zero-order valence-electron chi connectivity index (χ0n) is 17.7. The summed E-state index contributed by atoms with van der Waals surface area (Å²) in [6.45, 7) is 1.58. The Morgan fingerprint density at radius 3 is 2.14 bits per heavy atom. The van der Waals surface area contributed by atoms with Crippen LogP contribution < -0.4 is 19.5 Å². The molecule has 1 N–H and O–H groups in total. The average molecular weight is 405 g/mol. The van der Waals surface area contributed by atoms with Crippen LogP contribution >= 0.6 is 0 Å². The number of hydrogen-bond acceptors (Lipinski definition) is 6. The van der Waals surface area contributed by atoms with Crippen molar-refractivity contribution in [1.29, 1.82) is 0 Å². The molecule has 2 rings (SSSR count). The van der Waals surface area contributed by atoms with Gasteiger partial charge >= 0.3 is 5.97 Å². The molecule has 7 heteroatoms. The maximum atomic E-state index is 12.3. The highest BCUT2D eigenvalue weighted by atomic mass is 16.5. The van der Waals surface area contributed by atoms with Crippen molar-refractivity contribution in [2.45, 2.75) is 57.6 Å². The molecule has 1 atom stereocenters. The number of rotatable bonds is 8. The van der Waals surface area contributed by atoms with Crippen molar-refractivity contribution in [2.24, 2.45) is 0 Å². The van der Waals surface area contributed by atoms with E-state index in [1.807, 2.05) is 0 Å². The Bertz CT molecular complexity index is 722. The van der Waals surface area contributed by atoms with Crippen molar-refractivity contribution >= 4 is 18.0 Å². The van der Waals surface area contributed by atoms with Gasteiger partial charge in [-0.1, -0.05) is 25.7 Å². The van der Waals surface area contributed by atoms with Crippen molar-refractivity contribution in [3.63, 3.8) is 0 Å². The molecule has 0 heterocycles. The van der Waals surface area contributed by atoms with Gasteiger partial charge in [-0.15, -0.1) is 0 Å². The van der Waals surface area contributed by atoms with Crippen molar-refractivity contribution in [3.05, 3.63) is 23.8 Å². The lowest BCUT2D eigenvalue weighted by atomic mass is 10.1. The maximum absolute atomic E-state index is 12.3. The summed E-state index contributed by atoms with van der Waals surface area (Å²) in [5.41, 5.74) is 0.623. The minimum atomic E-state index is -0.859. The Morgan fingerprint density at radius 1 is 0.966 bits per heavy atom. The topological polar surface area (TPSA) is 83.1 Å². The lowest BCUT2D eigenvalue weighted by Gasteiger charge is -2.19. The van der Waals surface area contributed by atoms with Crippen molar-refractivity contribution in [1.82, 2.24) is 5.32 Å². The van der Waals surface area contributed by atoms with Crippen LogP contribution in [0.15, 0.2) is 18.2 Å². The fourth-order valence-corrected chi connectivity index (χ4v) is 3.35. The van der Waals surface area contributed by atoms with Gasteiger partial charge in [-0.3, -0.25) is 4.79 Å². The van der Waals surface area contributed by atoms with Gasteiger partial charge in [-0.2, -0.15) is 0 Å². The second kappa shape index (κ2) is 11.3. The standard InChI is InChI=1S/C22H31NO6/c1-15(22(25)23-17-9-7-5-6-8-10-17)29-21(24)12-11-16-13-19(27-3)20(28-4)14-18(16)26-2/h11-15,17H,5-10H2,1-4H3,(H,23,25)/b12-11+/t15-/m1/s1. The fraction of sp³-hybridized carbons (Fsp3) is 0.545. The molecule has 0 aromatic heterocycles. The molecule has 0 spiro atoms. The molecule has 1 aliphatic carbocycles. The summed E-state index contributed by atoms with van der Waals surface area (Å²) < 4.78 is 21.1. The molecule has 1 saturated carbocycles. The molecule has 0 unspecified atom stereocenters. The summed E-state index contributed by atoms with van der Waals surface area (Å²) in [5.74, 6) is 0.684. The van der Waals surface area contributed by atoms with E-state index in [1.54, 1.807) is 25.1 Å². The zero-order chi connectivity index (χ0) is 21.2. The van der Waals surface area contributed by atoms with Crippen LogP contribution in [0.2, 0.25) is 0 Å². The van der Waals surface area contributed by atoms with Gasteiger partial charge in [0.1, 0.15) is 5.75 Å². The largest absolute Gasteiger partial charge is 0.496 e. The number of methoxy groups -OCH3 is 3. The first kappa shape index (κ1) is 22.6. The van der Waals surface area contributed by atoms with Crippen LogP contribution in [0.3, 0.4) is 0 Å². The summed E-state index contributed by atoms with van der Waals surface area (Å²) in [6, 6.07) is 3.54. The van der Waals surface area contributed by atoms with Gasteiger partial charge in [-0.05, 0) is 31.9 Å². The van der Waals surface area contributed by atoms with Gasteiger partial charge in [0, 0.05) is 23.7 Å². The van der Waals surface area contributed by atoms with Crippen LogP contribution in [0.1, 0.15) is 51.0 Å². The lowest BCUT2D eigenvalue weighted by Crippen LogP contribution is -2.41. The van der Waals surface area contributed by atoms with E-state index >= 15 is 0 Å². The molecular weight excluding hydrogens is 374 g/mol. The third kappa shape index (κ3) is 6.69. The van der Waals surface area contributed by atoms with E-state index in [1.165, 1.54) is 40.2 Å². The predicted molar refractivity (Wildman–Crippen MR) is 110 cm³/mol. The van der Waals surface area contributed by atoms with Crippen molar-refractivity contribution in [2.75, 3.05) is 21.3 Å².